The summed E-state index contributed by atoms with van der Waals surface area (Å²) in [6.07, 6.45) is -2.74. The summed E-state index contributed by atoms with van der Waals surface area (Å²) >= 11 is 0.833. The molecular formula is C23H25F4N7O4S2. The molecule has 0 radical (unpaired) electrons. The molecular weight excluding hydrogens is 578 g/mol. The maximum absolute atomic E-state index is 13.2. The number of likely N-dealkylation sites (N-methyl/N-ethyl adjacent to an activating group) is 1. The lowest BCUT2D eigenvalue weighted by Crippen LogP contribution is -2.55. The highest BCUT2D eigenvalue weighted by Gasteiger charge is 2.34. The lowest BCUT2D eigenvalue weighted by molar-refractivity contribution is -0.137. The van der Waals surface area contributed by atoms with Crippen LogP contribution in [0.4, 0.5) is 28.5 Å². The van der Waals surface area contributed by atoms with Crippen LogP contribution < -0.4 is 10.8 Å². The van der Waals surface area contributed by atoms with Crippen LogP contribution >= 0.6 is 11.3 Å². The Morgan fingerprint density at radius 1 is 1.20 bits per heavy atom. The molecule has 40 heavy (non-hydrogen) atoms. The molecule has 4 rings (SSSR count). The number of hydrogen-bond donors (Lipinski definition) is 3. The molecule has 1 fully saturated rings. The summed E-state index contributed by atoms with van der Waals surface area (Å²) in [5.41, 5.74) is 1.97. The van der Waals surface area contributed by atoms with Crippen molar-refractivity contribution in [3.63, 3.8) is 0 Å². The molecule has 0 aliphatic carbocycles. The Morgan fingerprint density at radius 3 is 2.62 bits per heavy atom. The van der Waals surface area contributed by atoms with Crippen LogP contribution in [0.15, 0.2) is 58.0 Å². The third kappa shape index (κ3) is 7.49. The molecule has 1 unspecified atom stereocenters. The molecule has 2 aromatic heterocycles. The fourth-order valence-corrected chi connectivity index (χ4v) is 6.29. The molecule has 1 aliphatic heterocycles. The van der Waals surface area contributed by atoms with E-state index in [1.807, 2.05) is 11.9 Å². The van der Waals surface area contributed by atoms with Crippen molar-refractivity contribution in [1.82, 2.24) is 24.7 Å². The lowest BCUT2D eigenvalue weighted by atomic mass is 10.2. The molecule has 17 heteroatoms. The zero-order valence-electron chi connectivity index (χ0n) is 20.9. The van der Waals surface area contributed by atoms with Crippen molar-refractivity contribution in [2.75, 3.05) is 38.6 Å². The van der Waals surface area contributed by atoms with Crippen LogP contribution in [-0.4, -0.2) is 78.4 Å². The second-order valence-corrected chi connectivity index (χ2v) is 11.9. The largest absolute Gasteiger partial charge is 0.417 e. The first-order valence-corrected chi connectivity index (χ1v) is 14.0. The van der Waals surface area contributed by atoms with Crippen LogP contribution in [0.5, 0.6) is 0 Å². The maximum Gasteiger partial charge on any atom is 0.417 e. The highest BCUT2D eigenvalue weighted by molar-refractivity contribution is 7.91. The average molecular weight is 604 g/mol. The molecule has 1 aromatic carbocycles. The lowest BCUT2D eigenvalue weighted by Gasteiger charge is -2.37. The second kappa shape index (κ2) is 12.5. The van der Waals surface area contributed by atoms with Crippen LogP contribution in [-0.2, 0) is 21.0 Å². The monoisotopic (exact) mass is 603 g/mol. The van der Waals surface area contributed by atoms with Gasteiger partial charge in [-0.15, -0.1) is 0 Å². The Bertz CT molecular complexity index is 1400. The van der Waals surface area contributed by atoms with E-state index in [2.05, 4.69) is 25.8 Å². The molecule has 0 bridgehead atoms. The maximum atomic E-state index is 13.2. The van der Waals surface area contributed by atoms with Gasteiger partial charge in [0.05, 0.1) is 18.4 Å². The molecule has 2 atom stereocenters. The predicted molar refractivity (Wildman–Crippen MR) is 139 cm³/mol. The summed E-state index contributed by atoms with van der Waals surface area (Å²) < 4.78 is 79.0. The third-order valence-corrected chi connectivity index (χ3v) is 9.15. The van der Waals surface area contributed by atoms with Gasteiger partial charge >= 0.3 is 6.18 Å². The van der Waals surface area contributed by atoms with E-state index in [1.165, 1.54) is 34.8 Å². The minimum Gasteiger partial charge on any atom is -0.368 e. The van der Waals surface area contributed by atoms with E-state index in [4.69, 9.17) is 4.84 Å². The molecule has 3 N–H and O–H groups in total. The number of rotatable bonds is 10. The van der Waals surface area contributed by atoms with Crippen LogP contribution in [0.3, 0.4) is 0 Å². The van der Waals surface area contributed by atoms with E-state index in [9.17, 15) is 31.1 Å². The first kappa shape index (κ1) is 29.8. The number of pyridine rings is 1. The number of hydrogen-bond acceptors (Lipinski definition) is 10. The average Bonchev–Trinajstić information content (AvgIpc) is 3.39. The Labute approximate surface area is 231 Å². The van der Waals surface area contributed by atoms with Crippen LogP contribution in [0.2, 0.25) is 0 Å². The number of halogens is 4. The summed E-state index contributed by atoms with van der Waals surface area (Å²) in [5, 5.41) is 12.9. The summed E-state index contributed by atoms with van der Waals surface area (Å²) in [5.74, 6) is -0.346. The van der Waals surface area contributed by atoms with E-state index in [0.29, 0.717) is 18.3 Å². The number of nitrogens with zero attached hydrogens (tertiary/aromatic N) is 5. The van der Waals surface area contributed by atoms with Crippen molar-refractivity contribution in [1.29, 1.82) is 0 Å². The summed E-state index contributed by atoms with van der Waals surface area (Å²) in [6.45, 7) is 0.881. The predicted octanol–water partition coefficient (Wildman–Crippen LogP) is 2.98. The van der Waals surface area contributed by atoms with Gasteiger partial charge < -0.3 is 10.4 Å². The molecule has 1 aliphatic rings. The number of hydroxylamine groups is 1. The van der Waals surface area contributed by atoms with Crippen molar-refractivity contribution in [2.45, 2.75) is 22.7 Å². The SMILES string of the molecule is CN1CCN(S(=O)(=O)c2cnc(Nc3ccc(C(F)(F)F)cn3)s2)CC1CONC=N[C@H](O)c1ccc(F)cc1. The topological polar surface area (TPSA) is 132 Å². The first-order chi connectivity index (χ1) is 18.9. The fraction of sp³-hybridized carbons (Fsp3) is 0.348. The van der Waals surface area contributed by atoms with Gasteiger partial charge in [0.1, 0.15) is 18.0 Å². The summed E-state index contributed by atoms with van der Waals surface area (Å²) in [7, 11) is -2.08. The number of aliphatic imine (C=N–C) groups is 1. The van der Waals surface area contributed by atoms with E-state index in [1.54, 1.807) is 0 Å². The number of alkyl halides is 3. The standard InChI is InChI=1S/C23H25F4N7O4S2/c1-33-8-9-34(12-18(33)13-38-31-14-30-21(35)15-2-5-17(24)6-3-15)40(36,37)20-11-29-22(39-20)32-19-7-4-16(10-28-19)23(25,26)27/h2-7,10-11,14,18,21,35H,8-9,12-13H2,1H3,(H,30,31)(H,28,29,32)/t18?,21-/m1/s1. The number of aliphatic hydroxyl groups is 1. The number of nitrogens with one attached hydrogen (secondary N) is 2. The number of piperazine rings is 1. The molecule has 216 valence electrons. The van der Waals surface area contributed by atoms with E-state index in [-0.39, 0.29) is 40.9 Å². The minimum atomic E-state index is -4.52. The highest BCUT2D eigenvalue weighted by Crippen LogP contribution is 2.31. The van der Waals surface area contributed by atoms with Crippen molar-refractivity contribution >= 4 is 38.6 Å². The quantitative estimate of drug-likeness (QED) is 0.105. The summed E-state index contributed by atoms with van der Waals surface area (Å²) in [6, 6.07) is 6.89. The number of aromatic nitrogens is 2. The van der Waals surface area contributed by atoms with Gasteiger partial charge in [0, 0.05) is 37.4 Å². The zero-order chi connectivity index (χ0) is 28.9. The molecule has 0 saturated carbocycles. The summed E-state index contributed by atoms with van der Waals surface area (Å²) in [4.78, 5) is 18.9. The van der Waals surface area contributed by atoms with Crippen LogP contribution in [0, 0.1) is 5.82 Å². The van der Waals surface area contributed by atoms with Crippen LogP contribution in [0.1, 0.15) is 17.4 Å². The normalized spacial score (nSPS) is 18.2. The number of aliphatic hydroxyl groups excluding tert-OH is 1. The van der Waals surface area contributed by atoms with Crippen LogP contribution in [0.25, 0.3) is 0 Å². The van der Waals surface area contributed by atoms with Gasteiger partial charge in [0.15, 0.2) is 15.6 Å². The Morgan fingerprint density at radius 2 is 1.95 bits per heavy atom. The molecule has 3 aromatic rings. The van der Waals surface area contributed by atoms with Gasteiger partial charge in [-0.05, 0) is 31.3 Å². The Kier molecular flexibility index (Phi) is 9.32. The molecule has 1 saturated heterocycles. The molecule has 0 amide bonds. The van der Waals surface area contributed by atoms with Gasteiger partial charge in [0.2, 0.25) is 0 Å². The minimum absolute atomic E-state index is 0.0360. The van der Waals surface area contributed by atoms with Gasteiger partial charge in [0.25, 0.3) is 10.0 Å². The number of benzene rings is 1. The van der Waals surface area contributed by atoms with Crippen molar-refractivity contribution in [2.24, 2.45) is 4.99 Å². The number of anilines is 2. The van der Waals surface area contributed by atoms with Gasteiger partial charge in [-0.25, -0.2) is 27.8 Å². The zero-order valence-corrected chi connectivity index (χ0v) is 22.5. The van der Waals surface area contributed by atoms with Crippen molar-refractivity contribution in [3.05, 3.63) is 65.7 Å². The second-order valence-electron chi connectivity index (χ2n) is 8.67. The number of thiazole rings is 1. The smallest absolute Gasteiger partial charge is 0.368 e. The Hall–Kier alpha value is -3.22. The van der Waals surface area contributed by atoms with Gasteiger partial charge in [-0.2, -0.15) is 17.5 Å². The van der Waals surface area contributed by atoms with Crippen molar-refractivity contribution < 1.29 is 35.9 Å². The molecule has 11 nitrogen and oxygen atoms in total. The van der Waals surface area contributed by atoms with Crippen molar-refractivity contribution in [3.8, 4) is 0 Å². The van der Waals surface area contributed by atoms with E-state index in [0.717, 1.165) is 29.8 Å². The molecule has 0 spiro atoms. The highest BCUT2D eigenvalue weighted by atomic mass is 32.2. The van der Waals surface area contributed by atoms with E-state index >= 15 is 0 Å². The number of sulfonamides is 1. The Balaban J connectivity index is 1.30. The first-order valence-electron chi connectivity index (χ1n) is 11.7. The van der Waals surface area contributed by atoms with Gasteiger partial charge in [-0.3, -0.25) is 15.2 Å². The van der Waals surface area contributed by atoms with E-state index < -0.39 is 33.8 Å². The van der Waals surface area contributed by atoms with Gasteiger partial charge in [-0.1, -0.05) is 23.5 Å². The third-order valence-electron chi connectivity index (χ3n) is 5.94. The molecule has 3 heterocycles. The fourth-order valence-electron chi connectivity index (χ4n) is 3.63.